The lowest BCUT2D eigenvalue weighted by Gasteiger charge is -2.26. The molecule has 0 heterocycles. The first kappa shape index (κ1) is 14.0. The Hall–Kier alpha value is -1.10. The Kier molecular flexibility index (Phi) is 5.97. The van der Waals surface area contributed by atoms with Gasteiger partial charge in [0.1, 0.15) is 0 Å². The molecule has 0 radical (unpaired) electrons. The Labute approximate surface area is 103 Å². The van der Waals surface area contributed by atoms with Gasteiger partial charge in [0.15, 0.2) is 0 Å². The van der Waals surface area contributed by atoms with Gasteiger partial charge in [-0.15, -0.1) is 0 Å². The van der Waals surface area contributed by atoms with Gasteiger partial charge >= 0.3 is 11.8 Å². The molecular weight excluding hydrogens is 218 g/mol. The van der Waals surface area contributed by atoms with Crippen molar-refractivity contribution in [2.45, 2.75) is 32.6 Å². The van der Waals surface area contributed by atoms with Crippen LogP contribution in [0, 0.1) is 11.8 Å². The molecule has 1 aliphatic rings. The standard InChI is InChI=1S/C12H23N3O2/c1-9-3-2-4-10(7-9)8-15-12(17)11(16)14-6-5-13/h9-10H,2-8,13H2,1H3,(H,14,16)(H,15,17). The number of carbonyl (C=O) groups is 2. The summed E-state index contributed by atoms with van der Waals surface area (Å²) < 4.78 is 0. The zero-order chi connectivity index (χ0) is 12.7. The van der Waals surface area contributed by atoms with E-state index in [2.05, 4.69) is 17.6 Å². The van der Waals surface area contributed by atoms with Crippen molar-refractivity contribution >= 4 is 11.8 Å². The fraction of sp³-hybridized carbons (Fsp3) is 0.833. The number of hydrogen-bond acceptors (Lipinski definition) is 3. The lowest BCUT2D eigenvalue weighted by Crippen LogP contribution is -2.43. The second-order valence-corrected chi connectivity index (χ2v) is 4.89. The van der Waals surface area contributed by atoms with Gasteiger partial charge < -0.3 is 16.4 Å². The summed E-state index contributed by atoms with van der Waals surface area (Å²) in [6.45, 7) is 3.53. The summed E-state index contributed by atoms with van der Waals surface area (Å²) >= 11 is 0. The lowest BCUT2D eigenvalue weighted by atomic mass is 9.82. The SMILES string of the molecule is CC1CCCC(CNC(=O)C(=O)NCCN)C1. The first-order valence-electron chi connectivity index (χ1n) is 6.39. The summed E-state index contributed by atoms with van der Waals surface area (Å²) in [5.74, 6) is 0.123. The second kappa shape index (κ2) is 7.27. The summed E-state index contributed by atoms with van der Waals surface area (Å²) in [6.07, 6.45) is 4.79. The number of rotatable bonds is 4. The van der Waals surface area contributed by atoms with Crippen molar-refractivity contribution in [3.63, 3.8) is 0 Å². The van der Waals surface area contributed by atoms with Crippen molar-refractivity contribution in [1.29, 1.82) is 0 Å². The smallest absolute Gasteiger partial charge is 0.309 e. The third-order valence-corrected chi connectivity index (χ3v) is 3.23. The van der Waals surface area contributed by atoms with Crippen LogP contribution in [0.1, 0.15) is 32.6 Å². The fourth-order valence-corrected chi connectivity index (χ4v) is 2.33. The monoisotopic (exact) mass is 241 g/mol. The van der Waals surface area contributed by atoms with E-state index in [-0.39, 0.29) is 0 Å². The predicted molar refractivity (Wildman–Crippen MR) is 66.2 cm³/mol. The van der Waals surface area contributed by atoms with Crippen molar-refractivity contribution in [2.24, 2.45) is 17.6 Å². The molecule has 2 atom stereocenters. The van der Waals surface area contributed by atoms with Gasteiger partial charge in [-0.2, -0.15) is 0 Å². The van der Waals surface area contributed by atoms with E-state index in [1.807, 2.05) is 0 Å². The van der Waals surface area contributed by atoms with E-state index in [1.54, 1.807) is 0 Å². The minimum absolute atomic E-state index is 0.340. The molecule has 0 aromatic rings. The van der Waals surface area contributed by atoms with Crippen LogP contribution in [0.3, 0.4) is 0 Å². The van der Waals surface area contributed by atoms with Crippen LogP contribution in [0.25, 0.3) is 0 Å². The van der Waals surface area contributed by atoms with Gasteiger partial charge in [-0.3, -0.25) is 9.59 Å². The Balaban J connectivity index is 2.20. The van der Waals surface area contributed by atoms with Crippen LogP contribution in [0.15, 0.2) is 0 Å². The van der Waals surface area contributed by atoms with E-state index in [0.29, 0.717) is 25.6 Å². The van der Waals surface area contributed by atoms with Crippen LogP contribution in [-0.2, 0) is 9.59 Å². The van der Waals surface area contributed by atoms with Crippen LogP contribution < -0.4 is 16.4 Å². The van der Waals surface area contributed by atoms with Crippen LogP contribution in [0.2, 0.25) is 0 Å². The Bertz CT molecular complexity index is 268. The van der Waals surface area contributed by atoms with Gasteiger partial charge in [-0.1, -0.05) is 19.8 Å². The first-order chi connectivity index (χ1) is 8.13. The van der Waals surface area contributed by atoms with E-state index in [0.717, 1.165) is 18.8 Å². The Morgan fingerprint density at radius 1 is 1.24 bits per heavy atom. The summed E-state index contributed by atoms with van der Waals surface area (Å²) in [6, 6.07) is 0. The Morgan fingerprint density at radius 2 is 1.94 bits per heavy atom. The number of nitrogens with two attached hydrogens (primary N) is 1. The molecule has 1 rings (SSSR count). The maximum atomic E-state index is 11.4. The van der Waals surface area contributed by atoms with Crippen molar-refractivity contribution in [3.05, 3.63) is 0 Å². The van der Waals surface area contributed by atoms with Crippen molar-refractivity contribution in [2.75, 3.05) is 19.6 Å². The zero-order valence-corrected chi connectivity index (χ0v) is 10.5. The van der Waals surface area contributed by atoms with Crippen molar-refractivity contribution < 1.29 is 9.59 Å². The van der Waals surface area contributed by atoms with Crippen LogP contribution in [0.5, 0.6) is 0 Å². The third kappa shape index (κ3) is 5.17. The van der Waals surface area contributed by atoms with Gasteiger partial charge in [0.05, 0.1) is 0 Å². The molecule has 1 aliphatic carbocycles. The quantitative estimate of drug-likeness (QED) is 0.606. The molecule has 98 valence electrons. The molecule has 4 N–H and O–H groups in total. The van der Waals surface area contributed by atoms with Crippen molar-refractivity contribution in [3.8, 4) is 0 Å². The van der Waals surface area contributed by atoms with Crippen LogP contribution in [0.4, 0.5) is 0 Å². The van der Waals surface area contributed by atoms with E-state index in [9.17, 15) is 9.59 Å². The number of hydrogen-bond donors (Lipinski definition) is 3. The van der Waals surface area contributed by atoms with Gasteiger partial charge in [0.25, 0.3) is 0 Å². The molecule has 0 spiro atoms. The molecule has 5 heteroatoms. The largest absolute Gasteiger partial charge is 0.348 e. The molecule has 1 saturated carbocycles. The van der Waals surface area contributed by atoms with Gasteiger partial charge in [-0.05, 0) is 24.7 Å². The minimum atomic E-state index is -0.584. The molecule has 17 heavy (non-hydrogen) atoms. The summed E-state index contributed by atoms with van der Waals surface area (Å²) in [5.41, 5.74) is 5.24. The topological polar surface area (TPSA) is 84.2 Å². The fourth-order valence-electron chi connectivity index (χ4n) is 2.33. The highest BCUT2D eigenvalue weighted by Crippen LogP contribution is 2.27. The highest BCUT2D eigenvalue weighted by molar-refractivity contribution is 6.35. The van der Waals surface area contributed by atoms with Gasteiger partial charge in [0.2, 0.25) is 0 Å². The van der Waals surface area contributed by atoms with Gasteiger partial charge in [0, 0.05) is 19.6 Å². The normalized spacial score (nSPS) is 24.1. The molecule has 0 aliphatic heterocycles. The van der Waals surface area contributed by atoms with E-state index in [1.165, 1.54) is 12.8 Å². The average molecular weight is 241 g/mol. The van der Waals surface area contributed by atoms with E-state index < -0.39 is 11.8 Å². The van der Waals surface area contributed by atoms with E-state index >= 15 is 0 Å². The molecule has 2 unspecified atom stereocenters. The highest BCUT2D eigenvalue weighted by atomic mass is 16.2. The highest BCUT2D eigenvalue weighted by Gasteiger charge is 2.20. The van der Waals surface area contributed by atoms with Crippen LogP contribution >= 0.6 is 0 Å². The molecular formula is C12H23N3O2. The molecule has 2 amide bonds. The maximum Gasteiger partial charge on any atom is 0.309 e. The van der Waals surface area contributed by atoms with Gasteiger partial charge in [-0.25, -0.2) is 0 Å². The summed E-state index contributed by atoms with van der Waals surface area (Å²) in [7, 11) is 0. The molecule has 1 fully saturated rings. The number of carbonyl (C=O) groups excluding carboxylic acids is 2. The molecule has 0 saturated heterocycles. The average Bonchev–Trinajstić information content (AvgIpc) is 2.33. The van der Waals surface area contributed by atoms with Crippen LogP contribution in [-0.4, -0.2) is 31.4 Å². The molecule has 0 aromatic carbocycles. The number of nitrogens with one attached hydrogen (secondary N) is 2. The summed E-state index contributed by atoms with van der Waals surface area (Å²) in [4.78, 5) is 22.7. The molecule has 5 nitrogen and oxygen atoms in total. The first-order valence-corrected chi connectivity index (χ1v) is 6.39. The van der Waals surface area contributed by atoms with E-state index in [4.69, 9.17) is 5.73 Å². The minimum Gasteiger partial charge on any atom is -0.348 e. The maximum absolute atomic E-state index is 11.4. The molecule has 0 aromatic heterocycles. The zero-order valence-electron chi connectivity index (χ0n) is 10.5. The van der Waals surface area contributed by atoms with Crippen molar-refractivity contribution in [1.82, 2.24) is 10.6 Å². The second-order valence-electron chi connectivity index (χ2n) is 4.89. The molecule has 0 bridgehead atoms. The Morgan fingerprint density at radius 3 is 2.59 bits per heavy atom. The lowest BCUT2D eigenvalue weighted by molar-refractivity contribution is -0.139. The predicted octanol–water partition coefficient (Wildman–Crippen LogP) is 0.00380. The number of amides is 2. The third-order valence-electron chi connectivity index (χ3n) is 3.23. The summed E-state index contributed by atoms with van der Waals surface area (Å²) in [5, 5.41) is 5.14.